The van der Waals surface area contributed by atoms with Crippen molar-refractivity contribution in [2.75, 3.05) is 6.54 Å². The molecule has 16 heavy (non-hydrogen) atoms. The first-order valence-corrected chi connectivity index (χ1v) is 7.02. The van der Waals surface area contributed by atoms with Crippen LogP contribution in [0.4, 0.5) is 0 Å². The molecule has 0 heterocycles. The lowest BCUT2D eigenvalue weighted by Gasteiger charge is -2.04. The molecule has 0 aliphatic carbocycles. The van der Waals surface area contributed by atoms with Crippen molar-refractivity contribution in [1.82, 2.24) is 0 Å². The van der Waals surface area contributed by atoms with Gasteiger partial charge in [-0.05, 0) is 49.0 Å². The average Bonchev–Trinajstić information content (AvgIpc) is 2.29. The fourth-order valence-corrected chi connectivity index (χ4v) is 2.22. The number of nitrogens with zero attached hydrogens (tertiary/aromatic N) is 1. The standard InChI is InChI=1S/C11H10BrNOS2/c12-10-3-5-11(6-4-10)16(14)8-2-1-7-13-9-15/h2-6,8H,1,7H2. The molecule has 1 aromatic rings. The summed E-state index contributed by atoms with van der Waals surface area (Å²) in [6.45, 7) is 0.595. The molecule has 1 rings (SSSR count). The van der Waals surface area contributed by atoms with Gasteiger partial charge in [0.15, 0.2) is 4.90 Å². The van der Waals surface area contributed by atoms with E-state index in [9.17, 15) is 4.55 Å². The van der Waals surface area contributed by atoms with Gasteiger partial charge in [0.25, 0.3) is 0 Å². The van der Waals surface area contributed by atoms with E-state index >= 15 is 0 Å². The molecule has 0 radical (unpaired) electrons. The van der Waals surface area contributed by atoms with Crippen LogP contribution in [0.5, 0.6) is 0 Å². The van der Waals surface area contributed by atoms with Gasteiger partial charge >= 0.3 is 0 Å². The smallest absolute Gasteiger partial charge is 0.157 e. The zero-order chi connectivity index (χ0) is 11.8. The van der Waals surface area contributed by atoms with Crippen LogP contribution in [0, 0.1) is 0 Å². The Morgan fingerprint density at radius 1 is 1.44 bits per heavy atom. The molecule has 0 fully saturated rings. The van der Waals surface area contributed by atoms with Gasteiger partial charge in [0.2, 0.25) is 0 Å². The number of halogens is 1. The summed E-state index contributed by atoms with van der Waals surface area (Å²) in [7, 11) is 0. The molecule has 0 N–H and O–H groups in total. The van der Waals surface area contributed by atoms with E-state index < -0.39 is 11.2 Å². The highest BCUT2D eigenvalue weighted by molar-refractivity contribution is 9.10. The van der Waals surface area contributed by atoms with Crippen LogP contribution in [-0.2, 0) is 11.2 Å². The highest BCUT2D eigenvalue weighted by Gasteiger charge is 2.05. The molecule has 1 aromatic carbocycles. The van der Waals surface area contributed by atoms with Gasteiger partial charge < -0.3 is 4.55 Å². The summed E-state index contributed by atoms with van der Waals surface area (Å²) in [6, 6.07) is 7.41. The van der Waals surface area contributed by atoms with Crippen molar-refractivity contribution >= 4 is 44.5 Å². The molecule has 0 aromatic heterocycles. The Kier molecular flexibility index (Phi) is 6.61. The van der Waals surface area contributed by atoms with Crippen molar-refractivity contribution in [3.63, 3.8) is 0 Å². The zero-order valence-corrected chi connectivity index (χ0v) is 11.6. The molecule has 0 saturated heterocycles. The highest BCUT2D eigenvalue weighted by atomic mass is 79.9. The molecule has 1 atom stereocenters. The summed E-state index contributed by atoms with van der Waals surface area (Å²) in [5, 5.41) is 3.96. The van der Waals surface area contributed by atoms with Gasteiger partial charge in [-0.2, -0.15) is 0 Å². The maximum Gasteiger partial charge on any atom is 0.157 e. The quantitative estimate of drug-likeness (QED) is 0.360. The molecule has 0 aliphatic rings. The molecule has 5 heteroatoms. The lowest BCUT2D eigenvalue weighted by Crippen LogP contribution is -1.95. The molecule has 84 valence electrons. The number of hydrogen-bond acceptors (Lipinski definition) is 3. The van der Waals surface area contributed by atoms with E-state index in [1.807, 2.05) is 30.3 Å². The van der Waals surface area contributed by atoms with Crippen molar-refractivity contribution in [2.24, 2.45) is 4.99 Å². The summed E-state index contributed by atoms with van der Waals surface area (Å²) in [4.78, 5) is 4.55. The van der Waals surface area contributed by atoms with Gasteiger partial charge in [-0.3, -0.25) is 0 Å². The second-order valence-electron chi connectivity index (χ2n) is 2.88. The van der Waals surface area contributed by atoms with E-state index in [-0.39, 0.29) is 0 Å². The Bertz CT molecular complexity index is 399. The third-order valence-corrected chi connectivity index (χ3v) is 3.57. The third-order valence-electron chi connectivity index (χ3n) is 1.74. The van der Waals surface area contributed by atoms with E-state index in [0.717, 1.165) is 15.8 Å². The summed E-state index contributed by atoms with van der Waals surface area (Å²) < 4.78 is 12.7. The molecule has 0 amide bonds. The number of hydrogen-bond donors (Lipinski definition) is 0. The summed E-state index contributed by atoms with van der Waals surface area (Å²) >= 11 is 6.68. The molecular weight excluding hydrogens is 306 g/mol. The number of thiocarbonyl (C=S) groups is 1. The monoisotopic (exact) mass is 315 g/mol. The largest absolute Gasteiger partial charge is 0.607 e. The van der Waals surface area contributed by atoms with Crippen LogP contribution in [0.1, 0.15) is 6.42 Å². The second kappa shape index (κ2) is 7.76. The second-order valence-corrected chi connectivity index (χ2v) is 5.32. The minimum Gasteiger partial charge on any atom is -0.607 e. The molecule has 0 spiro atoms. The Labute approximate surface area is 112 Å². The highest BCUT2D eigenvalue weighted by Crippen LogP contribution is 2.16. The zero-order valence-electron chi connectivity index (χ0n) is 8.43. The van der Waals surface area contributed by atoms with E-state index in [0.29, 0.717) is 6.54 Å². The summed E-state index contributed by atoms with van der Waals surface area (Å²) in [6.07, 6.45) is 2.57. The first-order chi connectivity index (χ1) is 7.74. The molecule has 0 aliphatic heterocycles. The minimum atomic E-state index is -1.09. The number of rotatable bonds is 5. The van der Waals surface area contributed by atoms with Crippen molar-refractivity contribution in [1.29, 1.82) is 0 Å². The van der Waals surface area contributed by atoms with Gasteiger partial charge in [0, 0.05) is 15.6 Å². The van der Waals surface area contributed by atoms with Gasteiger partial charge in [-0.25, -0.2) is 4.99 Å². The van der Waals surface area contributed by atoms with Gasteiger partial charge in [0.05, 0.1) is 11.7 Å². The number of aliphatic imine (C=N–C) groups is 1. The molecule has 2 nitrogen and oxygen atoms in total. The molecule has 0 bridgehead atoms. The van der Waals surface area contributed by atoms with Crippen LogP contribution in [0.3, 0.4) is 0 Å². The first-order valence-electron chi connectivity index (χ1n) is 4.60. The van der Waals surface area contributed by atoms with Crippen molar-refractivity contribution in [3.8, 4) is 0 Å². The Hall–Kier alpha value is -0.450. The first kappa shape index (κ1) is 13.6. The lowest BCUT2D eigenvalue weighted by molar-refractivity contribution is 0.603. The SMILES string of the molecule is [O-][S+](C=CCCN=C=S)c1ccc(Br)cc1. The average molecular weight is 316 g/mol. The van der Waals surface area contributed by atoms with Gasteiger partial charge in [0.1, 0.15) is 5.41 Å². The molecule has 0 saturated carbocycles. The Balaban J connectivity index is 2.48. The lowest BCUT2D eigenvalue weighted by atomic mass is 10.4. The van der Waals surface area contributed by atoms with Gasteiger partial charge in [-0.1, -0.05) is 15.9 Å². The number of isothiocyanates is 1. The predicted molar refractivity (Wildman–Crippen MR) is 74.2 cm³/mol. The van der Waals surface area contributed by atoms with E-state index in [1.165, 1.54) is 0 Å². The fourth-order valence-electron chi connectivity index (χ4n) is 0.987. The molecule has 1 unspecified atom stereocenters. The van der Waals surface area contributed by atoms with Crippen molar-refractivity contribution in [2.45, 2.75) is 11.3 Å². The van der Waals surface area contributed by atoms with Crippen LogP contribution >= 0.6 is 28.1 Å². The van der Waals surface area contributed by atoms with Gasteiger partial charge in [-0.15, -0.1) is 0 Å². The van der Waals surface area contributed by atoms with Crippen LogP contribution < -0.4 is 0 Å². The number of benzene rings is 1. The summed E-state index contributed by atoms with van der Waals surface area (Å²) in [5.74, 6) is 0. The van der Waals surface area contributed by atoms with Crippen molar-refractivity contribution in [3.05, 3.63) is 40.2 Å². The van der Waals surface area contributed by atoms with E-state index in [1.54, 1.807) is 5.41 Å². The van der Waals surface area contributed by atoms with Crippen molar-refractivity contribution < 1.29 is 4.55 Å². The van der Waals surface area contributed by atoms with E-state index in [4.69, 9.17) is 0 Å². The maximum absolute atomic E-state index is 11.7. The minimum absolute atomic E-state index is 0.595. The Morgan fingerprint density at radius 2 is 2.12 bits per heavy atom. The van der Waals surface area contributed by atoms with Crippen LogP contribution in [-0.4, -0.2) is 16.3 Å². The Morgan fingerprint density at radius 3 is 2.75 bits per heavy atom. The fraction of sp³-hybridized carbons (Fsp3) is 0.182. The van der Waals surface area contributed by atoms with Crippen LogP contribution in [0.25, 0.3) is 0 Å². The predicted octanol–water partition coefficient (Wildman–Crippen LogP) is 3.56. The topological polar surface area (TPSA) is 35.4 Å². The normalized spacial score (nSPS) is 12.4. The maximum atomic E-state index is 11.7. The van der Waals surface area contributed by atoms with Crippen LogP contribution in [0.15, 0.2) is 50.1 Å². The van der Waals surface area contributed by atoms with Crippen LogP contribution in [0.2, 0.25) is 0 Å². The third kappa shape index (κ3) is 5.05. The molecular formula is C11H10BrNOS2. The summed E-state index contributed by atoms with van der Waals surface area (Å²) in [5.41, 5.74) is 0. The van der Waals surface area contributed by atoms with E-state index in [2.05, 4.69) is 38.3 Å².